The van der Waals surface area contributed by atoms with Crippen molar-refractivity contribution in [2.24, 2.45) is 5.73 Å². The van der Waals surface area contributed by atoms with E-state index in [1.807, 2.05) is 25.1 Å². The maximum Gasteiger partial charge on any atom is 0.0456 e. The van der Waals surface area contributed by atoms with Gasteiger partial charge in [-0.2, -0.15) is 0 Å². The molecule has 0 aliphatic rings. The molecule has 0 saturated heterocycles. The smallest absolute Gasteiger partial charge is 0.0456 e. The summed E-state index contributed by atoms with van der Waals surface area (Å²) in [7, 11) is 0. The summed E-state index contributed by atoms with van der Waals surface area (Å²) in [5.41, 5.74) is 8.08. The number of hydrogen-bond acceptors (Lipinski definition) is 1. The van der Waals surface area contributed by atoms with Crippen molar-refractivity contribution >= 4 is 11.6 Å². The summed E-state index contributed by atoms with van der Waals surface area (Å²) in [5, 5.41) is 0.782. The van der Waals surface area contributed by atoms with Gasteiger partial charge in [-0.1, -0.05) is 30.7 Å². The van der Waals surface area contributed by atoms with Crippen molar-refractivity contribution in [2.45, 2.75) is 26.3 Å². The van der Waals surface area contributed by atoms with Gasteiger partial charge in [0.15, 0.2) is 0 Å². The highest BCUT2D eigenvalue weighted by molar-refractivity contribution is 6.31. The Hall–Kier alpha value is -0.530. The molecule has 1 nitrogen and oxygen atoms in total. The van der Waals surface area contributed by atoms with Crippen LogP contribution in [0.2, 0.25) is 5.02 Å². The summed E-state index contributed by atoms with van der Waals surface area (Å²) in [5.74, 6) is 0. The van der Waals surface area contributed by atoms with Crippen LogP contribution in [0.5, 0.6) is 0 Å². The topological polar surface area (TPSA) is 26.0 Å². The van der Waals surface area contributed by atoms with E-state index in [1.165, 1.54) is 5.56 Å². The lowest BCUT2D eigenvalue weighted by atomic mass is 10.0. The second-order valence-corrected chi connectivity index (χ2v) is 3.45. The fourth-order valence-electron chi connectivity index (χ4n) is 1.15. The molecular weight excluding hydrogens is 170 g/mol. The van der Waals surface area contributed by atoms with E-state index in [0.717, 1.165) is 17.0 Å². The van der Waals surface area contributed by atoms with Crippen molar-refractivity contribution in [2.75, 3.05) is 0 Å². The average molecular weight is 184 g/mol. The first-order chi connectivity index (χ1) is 5.65. The lowest BCUT2D eigenvalue weighted by molar-refractivity contribution is 0.699. The number of aryl methyl sites for hydroxylation is 1. The Labute approximate surface area is 78.5 Å². The molecule has 2 heteroatoms. The molecule has 1 atom stereocenters. The third kappa shape index (κ3) is 1.99. The Kier molecular flexibility index (Phi) is 3.12. The lowest BCUT2D eigenvalue weighted by Crippen LogP contribution is -2.09. The Morgan fingerprint density at radius 3 is 2.67 bits per heavy atom. The Morgan fingerprint density at radius 1 is 1.50 bits per heavy atom. The van der Waals surface area contributed by atoms with E-state index >= 15 is 0 Å². The molecule has 0 unspecified atom stereocenters. The Bertz CT molecular complexity index is 271. The molecule has 0 aliphatic heterocycles. The van der Waals surface area contributed by atoms with E-state index in [2.05, 4.69) is 6.92 Å². The van der Waals surface area contributed by atoms with Gasteiger partial charge in [0.25, 0.3) is 0 Å². The minimum atomic E-state index is 0.0677. The van der Waals surface area contributed by atoms with Gasteiger partial charge >= 0.3 is 0 Å². The number of nitrogens with two attached hydrogens (primary N) is 1. The molecule has 1 rings (SSSR count). The third-order valence-electron chi connectivity index (χ3n) is 2.00. The predicted molar refractivity (Wildman–Crippen MR) is 53.4 cm³/mol. The van der Waals surface area contributed by atoms with Gasteiger partial charge in [0.2, 0.25) is 0 Å². The second-order valence-electron chi connectivity index (χ2n) is 3.04. The summed E-state index contributed by atoms with van der Waals surface area (Å²) in [4.78, 5) is 0. The molecule has 0 fully saturated rings. The van der Waals surface area contributed by atoms with Crippen molar-refractivity contribution in [1.82, 2.24) is 0 Å². The van der Waals surface area contributed by atoms with Crippen LogP contribution in [0.4, 0.5) is 0 Å². The zero-order valence-electron chi connectivity index (χ0n) is 7.47. The molecule has 1 aromatic carbocycles. The Balaban J connectivity index is 3.01. The van der Waals surface area contributed by atoms with Gasteiger partial charge in [-0.25, -0.2) is 0 Å². The molecule has 0 aliphatic carbocycles. The lowest BCUT2D eigenvalue weighted by Gasteiger charge is -2.11. The van der Waals surface area contributed by atoms with Gasteiger partial charge in [-0.05, 0) is 30.5 Å². The van der Waals surface area contributed by atoms with Crippen molar-refractivity contribution in [1.29, 1.82) is 0 Å². The van der Waals surface area contributed by atoms with Gasteiger partial charge in [-0.3, -0.25) is 0 Å². The van der Waals surface area contributed by atoms with E-state index in [-0.39, 0.29) is 6.04 Å². The number of hydrogen-bond donors (Lipinski definition) is 1. The molecule has 0 radical (unpaired) electrons. The standard InChI is InChI=1S/C10H14ClN/c1-3-10(12)8-5-4-7(2)6-9(8)11/h4-6,10H,3,12H2,1-2H3/t10-/m0/s1. The summed E-state index contributed by atoms with van der Waals surface area (Å²) < 4.78 is 0. The van der Waals surface area contributed by atoms with Crippen LogP contribution >= 0.6 is 11.6 Å². The van der Waals surface area contributed by atoms with Crippen LogP contribution in [-0.2, 0) is 0 Å². The second kappa shape index (κ2) is 3.92. The minimum absolute atomic E-state index is 0.0677. The van der Waals surface area contributed by atoms with Crippen LogP contribution in [0.15, 0.2) is 18.2 Å². The molecule has 2 N–H and O–H groups in total. The van der Waals surface area contributed by atoms with Crippen LogP contribution in [0.1, 0.15) is 30.5 Å². The quantitative estimate of drug-likeness (QED) is 0.750. The highest BCUT2D eigenvalue weighted by Gasteiger charge is 2.06. The first kappa shape index (κ1) is 9.56. The molecule has 0 bridgehead atoms. The van der Waals surface area contributed by atoms with E-state index in [9.17, 15) is 0 Å². The molecule has 0 aromatic heterocycles. The molecular formula is C10H14ClN. The van der Waals surface area contributed by atoms with Gasteiger partial charge in [-0.15, -0.1) is 0 Å². The largest absolute Gasteiger partial charge is 0.324 e. The maximum absolute atomic E-state index is 6.02. The van der Waals surface area contributed by atoms with Crippen molar-refractivity contribution < 1.29 is 0 Å². The summed E-state index contributed by atoms with van der Waals surface area (Å²) in [6.07, 6.45) is 0.919. The zero-order valence-corrected chi connectivity index (χ0v) is 8.23. The number of halogens is 1. The van der Waals surface area contributed by atoms with E-state index in [1.54, 1.807) is 0 Å². The normalized spacial score (nSPS) is 13.0. The fourth-order valence-corrected chi connectivity index (χ4v) is 1.53. The van der Waals surface area contributed by atoms with Crippen molar-refractivity contribution in [3.05, 3.63) is 34.3 Å². The van der Waals surface area contributed by atoms with Crippen LogP contribution in [-0.4, -0.2) is 0 Å². The molecule has 12 heavy (non-hydrogen) atoms. The van der Waals surface area contributed by atoms with Crippen LogP contribution in [0.3, 0.4) is 0 Å². The molecule has 0 saturated carbocycles. The SMILES string of the molecule is CC[C@H](N)c1ccc(C)cc1Cl. The monoisotopic (exact) mass is 183 g/mol. The van der Waals surface area contributed by atoms with Gasteiger partial charge in [0, 0.05) is 11.1 Å². The van der Waals surface area contributed by atoms with Crippen molar-refractivity contribution in [3.8, 4) is 0 Å². The van der Waals surface area contributed by atoms with Gasteiger partial charge in [0.05, 0.1) is 0 Å². The van der Waals surface area contributed by atoms with Gasteiger partial charge in [0.1, 0.15) is 0 Å². The zero-order chi connectivity index (χ0) is 9.14. The van der Waals surface area contributed by atoms with E-state index in [4.69, 9.17) is 17.3 Å². The van der Waals surface area contributed by atoms with E-state index in [0.29, 0.717) is 0 Å². The van der Waals surface area contributed by atoms with Gasteiger partial charge < -0.3 is 5.73 Å². The number of rotatable bonds is 2. The van der Waals surface area contributed by atoms with E-state index < -0.39 is 0 Å². The molecule has 1 aromatic rings. The number of benzene rings is 1. The fraction of sp³-hybridized carbons (Fsp3) is 0.400. The average Bonchev–Trinajstić information content (AvgIpc) is 2.03. The third-order valence-corrected chi connectivity index (χ3v) is 2.32. The minimum Gasteiger partial charge on any atom is -0.324 e. The molecule has 0 spiro atoms. The summed E-state index contributed by atoms with van der Waals surface area (Å²) >= 11 is 6.02. The highest BCUT2D eigenvalue weighted by atomic mass is 35.5. The van der Waals surface area contributed by atoms with Crippen LogP contribution in [0.25, 0.3) is 0 Å². The molecule has 0 heterocycles. The van der Waals surface area contributed by atoms with Crippen LogP contribution < -0.4 is 5.73 Å². The highest BCUT2D eigenvalue weighted by Crippen LogP contribution is 2.24. The summed E-state index contributed by atoms with van der Waals surface area (Å²) in [6.45, 7) is 4.08. The predicted octanol–water partition coefficient (Wildman–Crippen LogP) is 3.06. The molecule has 66 valence electrons. The maximum atomic E-state index is 6.02. The van der Waals surface area contributed by atoms with Crippen molar-refractivity contribution in [3.63, 3.8) is 0 Å². The summed E-state index contributed by atoms with van der Waals surface area (Å²) in [6, 6.07) is 6.06. The molecule has 0 amide bonds. The first-order valence-electron chi connectivity index (χ1n) is 4.16. The first-order valence-corrected chi connectivity index (χ1v) is 4.54. The van der Waals surface area contributed by atoms with Crippen LogP contribution in [0, 0.1) is 6.92 Å². The Morgan fingerprint density at radius 2 is 2.17 bits per heavy atom.